The van der Waals surface area contributed by atoms with E-state index in [2.05, 4.69) is 56.1 Å². The largest absolute Gasteiger partial charge is 0.355 e. The van der Waals surface area contributed by atoms with E-state index in [0.29, 0.717) is 47.1 Å². The number of rotatable bonds is 5. The molecule has 39 heavy (non-hydrogen) atoms. The molecular weight excluding hydrogens is 512 g/mol. The van der Waals surface area contributed by atoms with Crippen LogP contribution in [0.5, 0.6) is 0 Å². The van der Waals surface area contributed by atoms with Crippen molar-refractivity contribution < 1.29 is 4.79 Å². The third kappa shape index (κ3) is 5.57. The van der Waals surface area contributed by atoms with Crippen molar-refractivity contribution in [3.05, 3.63) is 63.4 Å². The Bertz CT molecular complexity index is 1490. The maximum Gasteiger partial charge on any atom is 0.355 e. The standard InChI is InChI=1S/C30H39ClN6O2/c1-10-24(38)35-15-20(6)36(16-19(35)5)27-21-13-22(31)23(14-30(7,8)9)33-28(21)37(29(39)34-27)26-18(4)11-12-32-25(26)17(2)3/h10-13,17,19-20H,1,14-16H2,2-9H3/t19-,20+/m1/s1. The molecule has 0 unspecified atom stereocenters. The molecule has 1 aliphatic rings. The molecule has 3 aromatic heterocycles. The first-order chi connectivity index (χ1) is 18.2. The average molecular weight is 551 g/mol. The predicted octanol–water partition coefficient (Wildman–Crippen LogP) is 5.46. The van der Waals surface area contributed by atoms with Crippen LogP contribution in [0.2, 0.25) is 5.02 Å². The summed E-state index contributed by atoms with van der Waals surface area (Å²) in [6.45, 7) is 21.2. The van der Waals surface area contributed by atoms with Crippen molar-refractivity contribution in [2.75, 3.05) is 18.0 Å². The number of fused-ring (bicyclic) bond motifs is 1. The highest BCUT2D eigenvalue weighted by Gasteiger charge is 2.34. The number of hydrogen-bond donors (Lipinski definition) is 0. The van der Waals surface area contributed by atoms with Gasteiger partial charge in [0.15, 0.2) is 5.65 Å². The summed E-state index contributed by atoms with van der Waals surface area (Å²) in [4.78, 5) is 44.6. The van der Waals surface area contributed by atoms with Gasteiger partial charge in [0, 0.05) is 31.4 Å². The number of pyridine rings is 2. The van der Waals surface area contributed by atoms with Gasteiger partial charge in [-0.1, -0.05) is 52.8 Å². The highest BCUT2D eigenvalue weighted by atomic mass is 35.5. The van der Waals surface area contributed by atoms with E-state index in [-0.39, 0.29) is 29.3 Å². The van der Waals surface area contributed by atoms with E-state index in [1.165, 1.54) is 6.08 Å². The Morgan fingerprint density at radius 3 is 2.51 bits per heavy atom. The molecule has 9 heteroatoms. The van der Waals surface area contributed by atoms with Crippen LogP contribution in [0.4, 0.5) is 5.82 Å². The van der Waals surface area contributed by atoms with Gasteiger partial charge in [-0.25, -0.2) is 14.3 Å². The quantitative estimate of drug-likeness (QED) is 0.392. The molecule has 1 fully saturated rings. The molecule has 4 rings (SSSR count). The van der Waals surface area contributed by atoms with Crippen LogP contribution in [0.15, 0.2) is 35.8 Å². The number of amides is 1. The summed E-state index contributed by atoms with van der Waals surface area (Å²) in [7, 11) is 0. The lowest BCUT2D eigenvalue weighted by atomic mass is 9.90. The van der Waals surface area contributed by atoms with Crippen molar-refractivity contribution in [1.29, 1.82) is 0 Å². The maximum absolute atomic E-state index is 14.0. The van der Waals surface area contributed by atoms with Gasteiger partial charge in [-0.2, -0.15) is 4.98 Å². The summed E-state index contributed by atoms with van der Waals surface area (Å²) >= 11 is 6.85. The zero-order valence-corrected chi connectivity index (χ0v) is 25.0. The van der Waals surface area contributed by atoms with Gasteiger partial charge in [-0.3, -0.25) is 9.78 Å². The van der Waals surface area contributed by atoms with Gasteiger partial charge in [-0.15, -0.1) is 0 Å². The summed E-state index contributed by atoms with van der Waals surface area (Å²) in [5.74, 6) is 0.506. The molecule has 1 saturated heterocycles. The van der Waals surface area contributed by atoms with E-state index in [0.717, 1.165) is 17.0 Å². The fourth-order valence-electron chi connectivity index (χ4n) is 5.32. The Hall–Kier alpha value is -3.26. The van der Waals surface area contributed by atoms with Gasteiger partial charge < -0.3 is 9.80 Å². The van der Waals surface area contributed by atoms with Crippen LogP contribution in [0.3, 0.4) is 0 Å². The minimum absolute atomic E-state index is 0.0589. The fraction of sp³-hybridized carbons (Fsp3) is 0.500. The molecule has 4 heterocycles. The first kappa shape index (κ1) is 28.7. The molecule has 3 aromatic rings. The van der Waals surface area contributed by atoms with Crippen LogP contribution < -0.4 is 10.6 Å². The number of carbonyl (C=O) groups is 1. The lowest BCUT2D eigenvalue weighted by Gasteiger charge is -2.44. The number of hydrogen-bond acceptors (Lipinski definition) is 6. The molecule has 0 spiro atoms. The number of nitrogens with zero attached hydrogens (tertiary/aromatic N) is 6. The van der Waals surface area contributed by atoms with Crippen molar-refractivity contribution in [3.8, 4) is 5.69 Å². The van der Waals surface area contributed by atoms with Crippen LogP contribution in [0.25, 0.3) is 16.7 Å². The van der Waals surface area contributed by atoms with Crippen LogP contribution in [-0.4, -0.2) is 55.5 Å². The van der Waals surface area contributed by atoms with E-state index < -0.39 is 5.69 Å². The third-order valence-corrected chi connectivity index (χ3v) is 7.54. The molecule has 0 bridgehead atoms. The van der Waals surface area contributed by atoms with Crippen molar-refractivity contribution in [2.45, 2.75) is 79.8 Å². The molecule has 0 radical (unpaired) electrons. The van der Waals surface area contributed by atoms with Crippen LogP contribution in [0, 0.1) is 12.3 Å². The highest BCUT2D eigenvalue weighted by Crippen LogP contribution is 2.34. The molecule has 1 amide bonds. The summed E-state index contributed by atoms with van der Waals surface area (Å²) in [5.41, 5.74) is 3.20. The zero-order valence-electron chi connectivity index (χ0n) is 24.2. The van der Waals surface area contributed by atoms with E-state index in [9.17, 15) is 9.59 Å². The monoisotopic (exact) mass is 550 g/mol. The van der Waals surface area contributed by atoms with Crippen LogP contribution >= 0.6 is 11.6 Å². The van der Waals surface area contributed by atoms with Crippen LogP contribution in [-0.2, 0) is 11.2 Å². The van der Waals surface area contributed by atoms with E-state index >= 15 is 0 Å². The normalized spacial score (nSPS) is 18.2. The molecule has 208 valence electrons. The molecule has 0 N–H and O–H groups in total. The second kappa shape index (κ2) is 10.7. The fourth-order valence-corrected chi connectivity index (χ4v) is 5.54. The Balaban J connectivity index is 2.02. The second-order valence-corrected chi connectivity index (χ2v) is 12.5. The van der Waals surface area contributed by atoms with Crippen molar-refractivity contribution in [2.24, 2.45) is 5.41 Å². The molecule has 0 aromatic carbocycles. The lowest BCUT2D eigenvalue weighted by molar-refractivity contribution is -0.128. The minimum Gasteiger partial charge on any atom is -0.349 e. The van der Waals surface area contributed by atoms with Crippen molar-refractivity contribution >= 4 is 34.4 Å². The number of halogens is 1. The zero-order chi connectivity index (χ0) is 28.8. The lowest BCUT2D eigenvalue weighted by Crippen LogP contribution is -2.58. The summed E-state index contributed by atoms with van der Waals surface area (Å²) in [6.07, 6.45) is 3.76. The minimum atomic E-state index is -0.420. The number of aryl methyl sites for hydroxylation is 1. The van der Waals surface area contributed by atoms with Gasteiger partial charge in [0.25, 0.3) is 0 Å². The molecular formula is C30H39ClN6O2. The van der Waals surface area contributed by atoms with E-state index in [4.69, 9.17) is 16.6 Å². The maximum atomic E-state index is 14.0. The average Bonchev–Trinajstić information content (AvgIpc) is 2.84. The molecule has 8 nitrogen and oxygen atoms in total. The molecule has 1 aliphatic heterocycles. The Labute approximate surface area is 235 Å². The predicted molar refractivity (Wildman–Crippen MR) is 158 cm³/mol. The summed E-state index contributed by atoms with van der Waals surface area (Å²) < 4.78 is 1.60. The van der Waals surface area contributed by atoms with Crippen molar-refractivity contribution in [1.82, 2.24) is 24.4 Å². The summed E-state index contributed by atoms with van der Waals surface area (Å²) in [5, 5.41) is 1.23. The van der Waals surface area contributed by atoms with E-state index in [1.54, 1.807) is 15.7 Å². The van der Waals surface area contributed by atoms with Crippen molar-refractivity contribution in [3.63, 3.8) is 0 Å². The van der Waals surface area contributed by atoms with Gasteiger partial charge in [0.05, 0.1) is 27.5 Å². The Morgan fingerprint density at radius 1 is 1.21 bits per heavy atom. The first-order valence-electron chi connectivity index (χ1n) is 13.5. The molecule has 2 atom stereocenters. The summed E-state index contributed by atoms with van der Waals surface area (Å²) in [6, 6.07) is 3.61. The SMILES string of the molecule is C=CC(=O)N1C[C@H](C)N(c2nc(=O)n(-c3c(C)ccnc3C(C)C)c3nc(CC(C)(C)C)c(Cl)cc23)C[C@H]1C. The Kier molecular flexibility index (Phi) is 7.90. The van der Waals surface area contributed by atoms with Gasteiger partial charge in [-0.05, 0) is 62.3 Å². The highest BCUT2D eigenvalue weighted by molar-refractivity contribution is 6.32. The molecule has 0 aliphatic carbocycles. The smallest absolute Gasteiger partial charge is 0.349 e. The Morgan fingerprint density at radius 2 is 1.90 bits per heavy atom. The third-order valence-electron chi connectivity index (χ3n) is 7.21. The number of aromatic nitrogens is 4. The number of carbonyl (C=O) groups excluding carboxylic acids is 1. The van der Waals surface area contributed by atoms with E-state index in [1.807, 2.05) is 32.9 Å². The number of anilines is 1. The van der Waals surface area contributed by atoms with Gasteiger partial charge >= 0.3 is 5.69 Å². The molecule has 0 saturated carbocycles. The van der Waals surface area contributed by atoms with Crippen LogP contribution in [0.1, 0.15) is 71.3 Å². The second-order valence-electron chi connectivity index (χ2n) is 12.1. The van der Waals surface area contributed by atoms with Gasteiger partial charge in [0.1, 0.15) is 5.82 Å². The topological polar surface area (TPSA) is 84.2 Å². The van der Waals surface area contributed by atoms with Gasteiger partial charge in [0.2, 0.25) is 5.91 Å². The first-order valence-corrected chi connectivity index (χ1v) is 13.9. The number of piperazine rings is 1.